The van der Waals surface area contributed by atoms with Gasteiger partial charge in [-0.2, -0.15) is 0 Å². The van der Waals surface area contributed by atoms with E-state index in [1.807, 2.05) is 36.9 Å². The molecule has 3 nitrogen and oxygen atoms in total. The van der Waals surface area contributed by atoms with Crippen molar-refractivity contribution >= 4 is 34.6 Å². The number of thiocarbonyl (C=S) groups is 1. The maximum Gasteiger partial charge on any atom is 0.188 e. The number of fused-ring (bicyclic) bond motifs is 4. The van der Waals surface area contributed by atoms with Gasteiger partial charge in [-0.1, -0.05) is 17.7 Å². The minimum absolute atomic E-state index is 0.0703. The topological polar surface area (TPSA) is 24.5 Å². The van der Waals surface area contributed by atoms with Crippen LogP contribution in [0.3, 0.4) is 0 Å². The summed E-state index contributed by atoms with van der Waals surface area (Å²) in [6, 6.07) is 10.3. The van der Waals surface area contributed by atoms with Crippen LogP contribution in [0.15, 0.2) is 36.4 Å². The Morgan fingerprint density at radius 3 is 2.88 bits per heavy atom. The van der Waals surface area contributed by atoms with Gasteiger partial charge in [-0.15, -0.1) is 0 Å². The van der Waals surface area contributed by atoms with Crippen LogP contribution in [0.2, 0.25) is 5.02 Å². The predicted octanol–water partition coefficient (Wildman–Crippen LogP) is 4.72. The van der Waals surface area contributed by atoms with Gasteiger partial charge >= 0.3 is 0 Å². The molecule has 0 saturated carbocycles. The van der Waals surface area contributed by atoms with Gasteiger partial charge in [0.1, 0.15) is 11.6 Å². The summed E-state index contributed by atoms with van der Waals surface area (Å²) in [6.07, 6.45) is 0.648. The molecule has 2 aliphatic heterocycles. The van der Waals surface area contributed by atoms with Crippen LogP contribution >= 0.6 is 23.8 Å². The standard InChI is InChI=1S/C18H16ClFN2OS/c1-10-3-5-12(8-14(10)19)22-17(24)21-15-9-18(22,2)23-16-6-4-11(20)7-13(15)16/h3-8,15H,9H2,1-2H3,(H,21,24). The van der Waals surface area contributed by atoms with E-state index in [9.17, 15) is 4.39 Å². The number of benzene rings is 2. The lowest BCUT2D eigenvalue weighted by Gasteiger charge is -2.52. The van der Waals surface area contributed by atoms with Gasteiger partial charge in [0.2, 0.25) is 0 Å². The van der Waals surface area contributed by atoms with E-state index in [-0.39, 0.29) is 11.9 Å². The molecule has 0 radical (unpaired) electrons. The molecule has 4 rings (SSSR count). The van der Waals surface area contributed by atoms with E-state index in [1.54, 1.807) is 6.07 Å². The summed E-state index contributed by atoms with van der Waals surface area (Å²) in [5.41, 5.74) is 2.02. The summed E-state index contributed by atoms with van der Waals surface area (Å²) >= 11 is 11.9. The second-order valence-corrected chi connectivity index (χ2v) is 7.23. The minimum atomic E-state index is -0.656. The Balaban J connectivity index is 1.80. The van der Waals surface area contributed by atoms with E-state index in [0.717, 1.165) is 16.8 Å². The number of anilines is 1. The van der Waals surface area contributed by atoms with E-state index in [2.05, 4.69) is 5.32 Å². The molecule has 2 aromatic rings. The zero-order chi connectivity index (χ0) is 17.1. The van der Waals surface area contributed by atoms with Crippen LogP contribution in [0.4, 0.5) is 10.1 Å². The third-order valence-electron chi connectivity index (χ3n) is 4.65. The van der Waals surface area contributed by atoms with Gasteiger partial charge in [-0.3, -0.25) is 4.90 Å². The van der Waals surface area contributed by atoms with Crippen molar-refractivity contribution in [1.29, 1.82) is 0 Å². The summed E-state index contributed by atoms with van der Waals surface area (Å²) in [5.74, 6) is 0.398. The highest BCUT2D eigenvalue weighted by molar-refractivity contribution is 7.80. The number of halogens is 2. The van der Waals surface area contributed by atoms with Crippen molar-refractivity contribution in [1.82, 2.24) is 5.32 Å². The molecule has 2 aliphatic rings. The lowest BCUT2D eigenvalue weighted by molar-refractivity contribution is 0.0495. The maximum atomic E-state index is 13.6. The minimum Gasteiger partial charge on any atom is -0.467 e. The van der Waals surface area contributed by atoms with Crippen molar-refractivity contribution in [2.24, 2.45) is 0 Å². The van der Waals surface area contributed by atoms with Gasteiger partial charge in [-0.05, 0) is 62.0 Å². The fraction of sp³-hybridized carbons (Fsp3) is 0.278. The Bertz CT molecular complexity index is 859. The van der Waals surface area contributed by atoms with Crippen molar-refractivity contribution in [3.05, 3.63) is 58.4 Å². The summed E-state index contributed by atoms with van der Waals surface area (Å²) < 4.78 is 19.8. The first-order valence-corrected chi connectivity index (χ1v) is 8.51. The zero-order valence-electron chi connectivity index (χ0n) is 13.3. The monoisotopic (exact) mass is 362 g/mol. The summed E-state index contributed by atoms with van der Waals surface area (Å²) in [6.45, 7) is 3.95. The average Bonchev–Trinajstić information content (AvgIpc) is 2.51. The molecular formula is C18H16ClFN2OS. The number of aryl methyl sites for hydroxylation is 1. The fourth-order valence-electron chi connectivity index (χ4n) is 3.46. The molecule has 1 saturated heterocycles. The molecule has 24 heavy (non-hydrogen) atoms. The van der Waals surface area contributed by atoms with E-state index in [4.69, 9.17) is 28.6 Å². The van der Waals surface area contributed by atoms with Gasteiger partial charge in [0.25, 0.3) is 0 Å². The number of ether oxygens (including phenoxy) is 1. The summed E-state index contributed by atoms with van der Waals surface area (Å²) in [4.78, 5) is 1.94. The van der Waals surface area contributed by atoms with Gasteiger partial charge in [0, 0.05) is 22.7 Å². The number of hydrogen-bond donors (Lipinski definition) is 1. The molecule has 124 valence electrons. The molecule has 2 aromatic carbocycles. The number of rotatable bonds is 1. The maximum absolute atomic E-state index is 13.6. The SMILES string of the molecule is Cc1ccc(N2C(=S)NC3CC2(C)Oc2ccc(F)cc23)cc1Cl. The lowest BCUT2D eigenvalue weighted by atomic mass is 9.90. The molecule has 2 atom stereocenters. The average molecular weight is 363 g/mol. The first-order chi connectivity index (χ1) is 11.4. The van der Waals surface area contributed by atoms with Gasteiger partial charge < -0.3 is 10.1 Å². The number of nitrogens with one attached hydrogen (secondary N) is 1. The molecule has 0 aliphatic carbocycles. The van der Waals surface area contributed by atoms with Gasteiger partial charge in [-0.25, -0.2) is 4.39 Å². The van der Waals surface area contributed by atoms with Gasteiger partial charge in [0.05, 0.1) is 6.04 Å². The smallest absolute Gasteiger partial charge is 0.188 e. The van der Waals surface area contributed by atoms with E-state index in [1.165, 1.54) is 12.1 Å². The van der Waals surface area contributed by atoms with Crippen molar-refractivity contribution in [3.63, 3.8) is 0 Å². The van der Waals surface area contributed by atoms with Crippen LogP contribution in [0.1, 0.15) is 30.5 Å². The number of hydrogen-bond acceptors (Lipinski definition) is 2. The first kappa shape index (κ1) is 15.7. The molecule has 0 amide bonds. The predicted molar refractivity (Wildman–Crippen MR) is 97.2 cm³/mol. The van der Waals surface area contributed by atoms with Crippen LogP contribution < -0.4 is 15.0 Å². The molecule has 2 bridgehead atoms. The second kappa shape index (κ2) is 5.33. The van der Waals surface area contributed by atoms with Crippen LogP contribution in [-0.4, -0.2) is 10.8 Å². The number of nitrogens with zero attached hydrogens (tertiary/aromatic N) is 1. The normalized spacial score (nSPS) is 24.9. The third kappa shape index (κ3) is 2.34. The molecule has 1 fully saturated rings. The first-order valence-electron chi connectivity index (χ1n) is 7.73. The third-order valence-corrected chi connectivity index (χ3v) is 5.35. The Hall–Kier alpha value is -1.85. The van der Waals surface area contributed by atoms with Crippen LogP contribution in [0.5, 0.6) is 5.75 Å². The molecular weight excluding hydrogens is 347 g/mol. The van der Waals surface area contributed by atoms with Crippen molar-refractivity contribution in [3.8, 4) is 5.75 Å². The zero-order valence-corrected chi connectivity index (χ0v) is 14.8. The summed E-state index contributed by atoms with van der Waals surface area (Å²) in [7, 11) is 0. The molecule has 2 heterocycles. The van der Waals surface area contributed by atoms with Gasteiger partial charge in [0.15, 0.2) is 10.8 Å². The van der Waals surface area contributed by atoms with Crippen LogP contribution in [0, 0.1) is 12.7 Å². The summed E-state index contributed by atoms with van der Waals surface area (Å²) in [5, 5.41) is 4.53. The molecule has 6 heteroatoms. The van der Waals surface area contributed by atoms with Crippen molar-refractivity contribution in [2.75, 3.05) is 4.90 Å². The van der Waals surface area contributed by atoms with E-state index < -0.39 is 5.72 Å². The molecule has 0 aromatic heterocycles. The van der Waals surface area contributed by atoms with E-state index >= 15 is 0 Å². The highest BCUT2D eigenvalue weighted by atomic mass is 35.5. The Kier molecular flexibility index (Phi) is 3.48. The highest BCUT2D eigenvalue weighted by Gasteiger charge is 2.48. The van der Waals surface area contributed by atoms with Crippen molar-refractivity contribution < 1.29 is 9.13 Å². The quantitative estimate of drug-likeness (QED) is 0.742. The Labute approximate surface area is 150 Å². The molecule has 2 unspecified atom stereocenters. The largest absolute Gasteiger partial charge is 0.467 e. The molecule has 1 N–H and O–H groups in total. The second-order valence-electron chi connectivity index (χ2n) is 6.43. The Morgan fingerprint density at radius 2 is 2.12 bits per heavy atom. The Morgan fingerprint density at radius 1 is 1.33 bits per heavy atom. The van der Waals surface area contributed by atoms with Crippen LogP contribution in [0.25, 0.3) is 0 Å². The van der Waals surface area contributed by atoms with E-state index in [0.29, 0.717) is 22.3 Å². The van der Waals surface area contributed by atoms with Crippen LogP contribution in [-0.2, 0) is 0 Å². The fourth-order valence-corrected chi connectivity index (χ4v) is 4.07. The highest BCUT2D eigenvalue weighted by Crippen LogP contribution is 2.46. The van der Waals surface area contributed by atoms with Crippen molar-refractivity contribution in [2.45, 2.75) is 32.0 Å². The molecule has 0 spiro atoms. The lowest BCUT2D eigenvalue weighted by Crippen LogP contribution is -2.65.